The summed E-state index contributed by atoms with van der Waals surface area (Å²) in [6.45, 7) is 0. The van der Waals surface area contributed by atoms with Gasteiger partial charge in [-0.1, -0.05) is 0 Å². The van der Waals surface area contributed by atoms with Crippen LogP contribution >= 0.6 is 23.6 Å². The molecule has 0 radical (unpaired) electrons. The third-order valence-corrected chi connectivity index (χ3v) is 1.84. The van der Waals surface area contributed by atoms with Crippen LogP contribution < -0.4 is 14.4 Å². The van der Waals surface area contributed by atoms with Crippen LogP contribution in [0.2, 0.25) is 0 Å². The first-order valence-corrected chi connectivity index (χ1v) is 3.98. The van der Waals surface area contributed by atoms with Crippen molar-refractivity contribution in [3.63, 3.8) is 0 Å². The highest BCUT2D eigenvalue weighted by atomic mass is 35.5. The number of benzene rings is 1. The molecule has 0 saturated heterocycles. The lowest BCUT2D eigenvalue weighted by atomic mass is 10.2. The van der Waals surface area contributed by atoms with Crippen LogP contribution in [-0.2, 0) is 0 Å². The average molecular weight is 207 g/mol. The Labute approximate surface area is 80.8 Å². The van der Waals surface area contributed by atoms with Gasteiger partial charge in [-0.3, -0.25) is 9.67 Å². The zero-order valence-electron chi connectivity index (χ0n) is 6.40. The minimum atomic E-state index is 0.672. The second kappa shape index (κ2) is 4.28. The highest BCUT2D eigenvalue weighted by Crippen LogP contribution is 2.27. The zero-order chi connectivity index (χ0) is 8.97. The van der Waals surface area contributed by atoms with E-state index >= 15 is 0 Å². The SMILES string of the molecule is COc1ccc(NCl)c(NCl)c1. The lowest BCUT2D eigenvalue weighted by Gasteiger charge is -2.07. The Hall–Kier alpha value is -0.800. The summed E-state index contributed by atoms with van der Waals surface area (Å²) in [4.78, 5) is 4.93. The molecule has 2 N–H and O–H groups in total. The predicted molar refractivity (Wildman–Crippen MR) is 51.9 cm³/mol. The van der Waals surface area contributed by atoms with E-state index in [-0.39, 0.29) is 0 Å². The molecule has 12 heavy (non-hydrogen) atoms. The summed E-state index contributed by atoms with van der Waals surface area (Å²) in [5.74, 6) is 0.716. The molecule has 3 nitrogen and oxygen atoms in total. The van der Waals surface area contributed by atoms with E-state index in [1.807, 2.05) is 0 Å². The van der Waals surface area contributed by atoms with E-state index in [2.05, 4.69) is 9.67 Å². The van der Waals surface area contributed by atoms with Gasteiger partial charge in [0.25, 0.3) is 0 Å². The summed E-state index contributed by atoms with van der Waals surface area (Å²) in [7, 11) is 1.58. The van der Waals surface area contributed by atoms with Crippen molar-refractivity contribution in [1.82, 2.24) is 0 Å². The number of rotatable bonds is 3. The van der Waals surface area contributed by atoms with Gasteiger partial charge in [-0.05, 0) is 12.1 Å². The minimum absolute atomic E-state index is 0.672. The highest BCUT2D eigenvalue weighted by Gasteiger charge is 2.01. The van der Waals surface area contributed by atoms with E-state index in [1.165, 1.54) is 0 Å². The van der Waals surface area contributed by atoms with Crippen LogP contribution in [0.25, 0.3) is 0 Å². The van der Waals surface area contributed by atoms with Crippen LogP contribution in [0.15, 0.2) is 18.2 Å². The van der Waals surface area contributed by atoms with Crippen molar-refractivity contribution in [3.05, 3.63) is 18.2 Å². The molecule has 0 aliphatic rings. The lowest BCUT2D eigenvalue weighted by Crippen LogP contribution is -1.90. The largest absolute Gasteiger partial charge is 0.497 e. The molecule has 0 aromatic heterocycles. The molecule has 1 aromatic rings. The van der Waals surface area contributed by atoms with Crippen LogP contribution in [0.3, 0.4) is 0 Å². The van der Waals surface area contributed by atoms with Crippen molar-refractivity contribution < 1.29 is 4.74 Å². The molecular formula is C7H8Cl2N2O. The molecule has 1 aromatic carbocycles. The summed E-state index contributed by atoms with van der Waals surface area (Å²) >= 11 is 10.9. The van der Waals surface area contributed by atoms with Gasteiger partial charge in [0.2, 0.25) is 0 Å². The summed E-state index contributed by atoms with van der Waals surface area (Å²) < 4.78 is 4.99. The van der Waals surface area contributed by atoms with Gasteiger partial charge in [0.05, 0.1) is 18.5 Å². The van der Waals surface area contributed by atoms with E-state index in [9.17, 15) is 0 Å². The predicted octanol–water partition coefficient (Wildman–Crippen LogP) is 2.83. The van der Waals surface area contributed by atoms with Crippen LogP contribution in [0, 0.1) is 0 Å². The number of anilines is 2. The van der Waals surface area contributed by atoms with Gasteiger partial charge in [0.1, 0.15) is 5.75 Å². The number of halogens is 2. The van der Waals surface area contributed by atoms with Crippen molar-refractivity contribution >= 4 is 34.9 Å². The normalized spacial score (nSPS) is 9.25. The molecule has 0 aliphatic carbocycles. The lowest BCUT2D eigenvalue weighted by molar-refractivity contribution is 0.415. The average Bonchev–Trinajstić information content (AvgIpc) is 2.16. The highest BCUT2D eigenvalue weighted by molar-refractivity contribution is 6.28. The molecule has 0 aliphatic heterocycles. The number of nitrogens with one attached hydrogen (secondary N) is 2. The number of methoxy groups -OCH3 is 1. The summed E-state index contributed by atoms with van der Waals surface area (Å²) in [6.07, 6.45) is 0. The Kier molecular flexibility index (Phi) is 3.31. The van der Waals surface area contributed by atoms with E-state index in [0.29, 0.717) is 17.1 Å². The standard InChI is InChI=1S/C7H8Cl2N2O/c1-12-5-2-3-6(10-8)7(4-5)11-9/h2-4,10-11H,1H3. The topological polar surface area (TPSA) is 33.3 Å². The fraction of sp³-hybridized carbons (Fsp3) is 0.143. The van der Waals surface area contributed by atoms with Gasteiger partial charge >= 0.3 is 0 Å². The molecule has 0 fully saturated rings. The molecule has 0 heterocycles. The molecular weight excluding hydrogens is 199 g/mol. The molecule has 0 saturated carbocycles. The molecule has 0 amide bonds. The van der Waals surface area contributed by atoms with Crippen molar-refractivity contribution in [2.24, 2.45) is 0 Å². The van der Waals surface area contributed by atoms with E-state index in [1.54, 1.807) is 25.3 Å². The second-order valence-electron chi connectivity index (χ2n) is 2.10. The van der Waals surface area contributed by atoms with Gasteiger partial charge in [-0.25, -0.2) is 0 Å². The third-order valence-electron chi connectivity index (χ3n) is 1.43. The smallest absolute Gasteiger partial charge is 0.121 e. The number of hydrogen-bond acceptors (Lipinski definition) is 3. The monoisotopic (exact) mass is 206 g/mol. The van der Waals surface area contributed by atoms with Crippen molar-refractivity contribution in [2.75, 3.05) is 16.8 Å². The van der Waals surface area contributed by atoms with Crippen molar-refractivity contribution in [3.8, 4) is 5.75 Å². The van der Waals surface area contributed by atoms with E-state index < -0.39 is 0 Å². The Morgan fingerprint density at radius 2 is 1.83 bits per heavy atom. The van der Waals surface area contributed by atoms with Crippen molar-refractivity contribution in [2.45, 2.75) is 0 Å². The Morgan fingerprint density at radius 1 is 1.17 bits per heavy atom. The fourth-order valence-electron chi connectivity index (χ4n) is 0.811. The maximum Gasteiger partial charge on any atom is 0.121 e. The van der Waals surface area contributed by atoms with Crippen LogP contribution in [-0.4, -0.2) is 7.11 Å². The van der Waals surface area contributed by atoms with Crippen LogP contribution in [0.4, 0.5) is 11.4 Å². The third kappa shape index (κ3) is 1.87. The first-order valence-electron chi connectivity index (χ1n) is 3.23. The summed E-state index contributed by atoms with van der Waals surface area (Å²) in [5, 5.41) is 0. The maximum absolute atomic E-state index is 5.44. The molecule has 5 heteroatoms. The van der Waals surface area contributed by atoms with Gasteiger partial charge in [-0.15, -0.1) is 0 Å². The summed E-state index contributed by atoms with van der Waals surface area (Å²) in [6, 6.07) is 5.27. The van der Waals surface area contributed by atoms with E-state index in [0.717, 1.165) is 0 Å². The quantitative estimate of drug-likeness (QED) is 0.747. The zero-order valence-corrected chi connectivity index (χ0v) is 7.91. The van der Waals surface area contributed by atoms with E-state index in [4.69, 9.17) is 28.3 Å². The molecule has 0 atom stereocenters. The Balaban J connectivity index is 3.02. The molecule has 0 unspecified atom stereocenters. The Morgan fingerprint density at radius 3 is 2.33 bits per heavy atom. The second-order valence-corrected chi connectivity index (χ2v) is 2.48. The molecule has 1 rings (SSSR count). The first kappa shape index (κ1) is 9.29. The number of hydrogen-bond donors (Lipinski definition) is 2. The summed E-state index contributed by atoms with van der Waals surface area (Å²) in [5.41, 5.74) is 1.37. The maximum atomic E-state index is 5.44. The minimum Gasteiger partial charge on any atom is -0.497 e. The molecule has 0 spiro atoms. The van der Waals surface area contributed by atoms with Crippen LogP contribution in [0.1, 0.15) is 0 Å². The van der Waals surface area contributed by atoms with Crippen molar-refractivity contribution in [1.29, 1.82) is 0 Å². The van der Waals surface area contributed by atoms with Crippen LogP contribution in [0.5, 0.6) is 5.75 Å². The van der Waals surface area contributed by atoms with Gasteiger partial charge in [0, 0.05) is 29.6 Å². The molecule has 0 bridgehead atoms. The van der Waals surface area contributed by atoms with Gasteiger partial charge in [0.15, 0.2) is 0 Å². The fourth-order valence-corrected chi connectivity index (χ4v) is 1.13. The number of ether oxygens (including phenoxy) is 1. The first-order chi connectivity index (χ1) is 5.81. The van der Waals surface area contributed by atoms with Gasteiger partial charge < -0.3 is 4.74 Å². The Bertz CT molecular complexity index is 268. The van der Waals surface area contributed by atoms with Gasteiger partial charge in [-0.2, -0.15) is 0 Å². The molecule has 66 valence electrons.